The lowest BCUT2D eigenvalue weighted by molar-refractivity contribution is -0.161. The molecule has 1 saturated heterocycles. The monoisotopic (exact) mass is 388 g/mol. The van der Waals surface area contributed by atoms with Crippen LogP contribution in [0.1, 0.15) is 52.9 Å². The summed E-state index contributed by atoms with van der Waals surface area (Å²) in [6.07, 6.45) is 5.27. The van der Waals surface area contributed by atoms with Crippen molar-refractivity contribution >= 4 is 29.4 Å². The van der Waals surface area contributed by atoms with Gasteiger partial charge in [-0.1, -0.05) is 0 Å². The first-order valence-corrected chi connectivity index (χ1v) is 9.78. The van der Waals surface area contributed by atoms with Gasteiger partial charge in [-0.2, -0.15) is 0 Å². The number of nitrogens with one attached hydrogen (secondary N) is 2. The summed E-state index contributed by atoms with van der Waals surface area (Å²) in [6.45, 7) is 6.02. The van der Waals surface area contributed by atoms with Crippen LogP contribution in [0.5, 0.6) is 0 Å². The number of carbonyl (C=O) groups excluding carboxylic acids is 3. The summed E-state index contributed by atoms with van der Waals surface area (Å²) in [7, 11) is 0. The van der Waals surface area contributed by atoms with Crippen LogP contribution in [0.2, 0.25) is 0 Å². The molecule has 152 valence electrons. The number of anilines is 2. The van der Waals surface area contributed by atoms with Gasteiger partial charge in [0.05, 0.1) is 17.8 Å². The van der Waals surface area contributed by atoms with Crippen molar-refractivity contribution < 1.29 is 19.1 Å². The van der Waals surface area contributed by atoms with Gasteiger partial charge in [0.2, 0.25) is 5.91 Å². The number of pyridine rings is 1. The summed E-state index contributed by atoms with van der Waals surface area (Å²) in [5.41, 5.74) is 0.209. The van der Waals surface area contributed by atoms with Gasteiger partial charge in [0.25, 0.3) is 0 Å². The molecule has 1 aliphatic carbocycles. The van der Waals surface area contributed by atoms with Crippen molar-refractivity contribution in [2.45, 2.75) is 64.5 Å². The SMILES string of the molecule is CC(C)(C)OC(=O)C1CCC(Nc2ccc(N3CCC(=O)NC3=O)cn2)CC1. The first kappa shape index (κ1) is 20.1. The lowest BCUT2D eigenvalue weighted by Crippen LogP contribution is -2.49. The molecule has 0 radical (unpaired) electrons. The van der Waals surface area contributed by atoms with Gasteiger partial charge in [-0.15, -0.1) is 0 Å². The van der Waals surface area contributed by atoms with E-state index >= 15 is 0 Å². The number of aromatic nitrogens is 1. The third kappa shape index (κ3) is 5.21. The third-order valence-corrected chi connectivity index (χ3v) is 4.93. The van der Waals surface area contributed by atoms with Gasteiger partial charge in [0.1, 0.15) is 11.4 Å². The van der Waals surface area contributed by atoms with Gasteiger partial charge >= 0.3 is 12.0 Å². The van der Waals surface area contributed by atoms with Gasteiger partial charge in [-0.3, -0.25) is 19.8 Å². The summed E-state index contributed by atoms with van der Waals surface area (Å²) in [4.78, 5) is 41.2. The molecular weight excluding hydrogens is 360 g/mol. The Morgan fingerprint density at radius 2 is 1.93 bits per heavy atom. The number of rotatable bonds is 4. The molecule has 8 heteroatoms. The van der Waals surface area contributed by atoms with Crippen LogP contribution in [0.25, 0.3) is 0 Å². The summed E-state index contributed by atoms with van der Waals surface area (Å²) < 4.78 is 5.49. The van der Waals surface area contributed by atoms with E-state index in [0.717, 1.165) is 31.5 Å². The maximum Gasteiger partial charge on any atom is 0.328 e. The van der Waals surface area contributed by atoms with E-state index in [0.29, 0.717) is 12.2 Å². The number of nitrogens with zero attached hydrogens (tertiary/aromatic N) is 2. The van der Waals surface area contributed by atoms with Crippen LogP contribution in [0.3, 0.4) is 0 Å². The Labute approximate surface area is 165 Å². The van der Waals surface area contributed by atoms with Crippen LogP contribution in [0, 0.1) is 5.92 Å². The van der Waals surface area contributed by atoms with Gasteiger partial charge < -0.3 is 10.1 Å². The fourth-order valence-corrected chi connectivity index (χ4v) is 3.51. The number of carbonyl (C=O) groups is 3. The van der Waals surface area contributed by atoms with Crippen LogP contribution >= 0.6 is 0 Å². The minimum Gasteiger partial charge on any atom is -0.460 e. The van der Waals surface area contributed by atoms with E-state index in [2.05, 4.69) is 15.6 Å². The molecule has 2 aliphatic rings. The fraction of sp³-hybridized carbons (Fsp3) is 0.600. The predicted molar refractivity (Wildman–Crippen MR) is 105 cm³/mol. The van der Waals surface area contributed by atoms with E-state index in [1.54, 1.807) is 6.20 Å². The van der Waals surface area contributed by atoms with E-state index in [-0.39, 0.29) is 30.3 Å². The quantitative estimate of drug-likeness (QED) is 0.769. The second kappa shape index (κ2) is 8.16. The van der Waals surface area contributed by atoms with E-state index in [1.165, 1.54) is 4.90 Å². The normalized spacial score (nSPS) is 23.2. The number of urea groups is 1. The first-order chi connectivity index (χ1) is 13.2. The molecule has 1 aliphatic heterocycles. The molecular formula is C20H28N4O4. The lowest BCUT2D eigenvalue weighted by atomic mass is 9.86. The molecule has 1 aromatic rings. The summed E-state index contributed by atoms with van der Waals surface area (Å²) in [5, 5.41) is 5.70. The predicted octanol–water partition coefficient (Wildman–Crippen LogP) is 2.84. The summed E-state index contributed by atoms with van der Waals surface area (Å²) >= 11 is 0. The van der Waals surface area contributed by atoms with Crippen LogP contribution < -0.4 is 15.5 Å². The molecule has 0 aromatic carbocycles. The average molecular weight is 388 g/mol. The zero-order chi connectivity index (χ0) is 20.3. The van der Waals surface area contributed by atoms with Crippen LogP contribution in [-0.2, 0) is 14.3 Å². The second-order valence-corrected chi connectivity index (χ2v) is 8.38. The van der Waals surface area contributed by atoms with E-state index in [4.69, 9.17) is 4.74 Å². The molecule has 0 atom stereocenters. The molecule has 2 fully saturated rings. The second-order valence-electron chi connectivity index (χ2n) is 8.38. The Morgan fingerprint density at radius 3 is 2.50 bits per heavy atom. The molecule has 2 heterocycles. The molecule has 0 bridgehead atoms. The summed E-state index contributed by atoms with van der Waals surface area (Å²) in [5.74, 6) is 0.340. The van der Waals surface area contributed by atoms with Crippen molar-refractivity contribution in [1.29, 1.82) is 0 Å². The zero-order valence-corrected chi connectivity index (χ0v) is 16.7. The Balaban J connectivity index is 1.50. The van der Waals surface area contributed by atoms with Crippen molar-refractivity contribution in [2.24, 2.45) is 5.92 Å². The molecule has 2 N–H and O–H groups in total. The first-order valence-electron chi connectivity index (χ1n) is 9.78. The molecule has 3 amide bonds. The minimum absolute atomic E-state index is 0.0343. The molecule has 0 spiro atoms. The van der Waals surface area contributed by atoms with E-state index in [1.807, 2.05) is 32.9 Å². The highest BCUT2D eigenvalue weighted by molar-refractivity contribution is 6.05. The zero-order valence-electron chi connectivity index (χ0n) is 16.7. The molecule has 1 saturated carbocycles. The van der Waals surface area contributed by atoms with Crippen molar-refractivity contribution in [3.05, 3.63) is 18.3 Å². The molecule has 8 nitrogen and oxygen atoms in total. The van der Waals surface area contributed by atoms with Gasteiger partial charge in [-0.05, 0) is 58.6 Å². The maximum atomic E-state index is 12.2. The highest BCUT2D eigenvalue weighted by atomic mass is 16.6. The number of hydrogen-bond acceptors (Lipinski definition) is 6. The smallest absolute Gasteiger partial charge is 0.328 e. The highest BCUT2D eigenvalue weighted by Crippen LogP contribution is 2.29. The van der Waals surface area contributed by atoms with Crippen LogP contribution in [0.4, 0.5) is 16.3 Å². The molecule has 3 rings (SSSR count). The van der Waals surface area contributed by atoms with Gasteiger partial charge in [-0.25, -0.2) is 9.78 Å². The topological polar surface area (TPSA) is 101 Å². The number of hydrogen-bond donors (Lipinski definition) is 2. The fourth-order valence-electron chi connectivity index (χ4n) is 3.51. The van der Waals surface area contributed by atoms with Crippen molar-refractivity contribution in [1.82, 2.24) is 10.3 Å². The van der Waals surface area contributed by atoms with Crippen molar-refractivity contribution in [3.8, 4) is 0 Å². The van der Waals surface area contributed by atoms with Gasteiger partial charge in [0.15, 0.2) is 0 Å². The number of ether oxygens (including phenoxy) is 1. The Morgan fingerprint density at radius 1 is 1.21 bits per heavy atom. The Bertz CT molecular complexity index is 734. The van der Waals surface area contributed by atoms with Crippen LogP contribution in [-0.4, -0.2) is 41.1 Å². The summed E-state index contributed by atoms with van der Waals surface area (Å²) in [6, 6.07) is 3.49. The molecule has 28 heavy (non-hydrogen) atoms. The van der Waals surface area contributed by atoms with Crippen molar-refractivity contribution in [2.75, 3.05) is 16.8 Å². The number of imide groups is 1. The third-order valence-electron chi connectivity index (χ3n) is 4.93. The van der Waals surface area contributed by atoms with E-state index < -0.39 is 11.6 Å². The molecule has 0 unspecified atom stereocenters. The van der Waals surface area contributed by atoms with E-state index in [9.17, 15) is 14.4 Å². The lowest BCUT2D eigenvalue weighted by Gasteiger charge is -2.30. The Hall–Kier alpha value is -2.64. The average Bonchev–Trinajstić information content (AvgIpc) is 2.62. The van der Waals surface area contributed by atoms with Crippen molar-refractivity contribution in [3.63, 3.8) is 0 Å². The number of esters is 1. The van der Waals surface area contributed by atoms with Crippen LogP contribution in [0.15, 0.2) is 18.3 Å². The molecule has 1 aromatic heterocycles. The Kier molecular flexibility index (Phi) is 5.86. The number of amides is 3. The standard InChI is InChI=1S/C20H28N4O4/c1-20(2,3)28-18(26)13-4-6-14(7-5-13)22-16-9-8-15(12-21-16)24-11-10-17(25)23-19(24)27/h8-9,12-14H,4-7,10-11H2,1-3H3,(H,21,22)(H,23,25,27). The van der Waals surface area contributed by atoms with Gasteiger partial charge in [0, 0.05) is 19.0 Å². The largest absolute Gasteiger partial charge is 0.460 e. The highest BCUT2D eigenvalue weighted by Gasteiger charge is 2.30. The minimum atomic E-state index is -0.448. The maximum absolute atomic E-state index is 12.2.